The van der Waals surface area contributed by atoms with Gasteiger partial charge in [-0.1, -0.05) is 12.1 Å². The SMILES string of the molecule is Cc1ccc(NC(=O)C2CC2)cc1-c1ccc2nc(NCCN3CCOCC3)ncc2c1. The van der Waals surface area contributed by atoms with Crippen LogP contribution in [0.3, 0.4) is 0 Å². The number of fused-ring (bicyclic) bond motifs is 1. The van der Waals surface area contributed by atoms with Crippen LogP contribution in [0.2, 0.25) is 0 Å². The van der Waals surface area contributed by atoms with E-state index in [-0.39, 0.29) is 11.8 Å². The van der Waals surface area contributed by atoms with Gasteiger partial charge in [0.25, 0.3) is 0 Å². The van der Waals surface area contributed by atoms with E-state index in [9.17, 15) is 4.79 Å². The standard InChI is InChI=1S/C25H29N5O2/c1-17-2-6-21(28-24(31)18-3-4-18)15-22(17)19-5-7-23-20(14-19)16-27-25(29-23)26-8-9-30-10-12-32-13-11-30/h2,5-7,14-16,18H,3-4,8-13H2,1H3,(H,28,31)(H,26,27,29). The van der Waals surface area contributed by atoms with Crippen LogP contribution in [0, 0.1) is 12.8 Å². The van der Waals surface area contributed by atoms with Crippen molar-refractivity contribution in [1.82, 2.24) is 14.9 Å². The molecule has 1 aliphatic carbocycles. The molecule has 0 atom stereocenters. The Morgan fingerprint density at radius 3 is 2.81 bits per heavy atom. The Labute approximate surface area is 188 Å². The molecule has 7 heteroatoms. The normalized spacial score (nSPS) is 16.8. The molecule has 2 fully saturated rings. The summed E-state index contributed by atoms with van der Waals surface area (Å²) in [6.45, 7) is 7.43. The molecule has 1 saturated heterocycles. The maximum atomic E-state index is 12.1. The van der Waals surface area contributed by atoms with Crippen molar-refractivity contribution in [3.05, 3.63) is 48.2 Å². The van der Waals surface area contributed by atoms with Gasteiger partial charge < -0.3 is 15.4 Å². The minimum absolute atomic E-state index is 0.125. The fourth-order valence-electron chi connectivity index (χ4n) is 4.04. The molecule has 1 amide bonds. The molecule has 1 saturated carbocycles. The summed E-state index contributed by atoms with van der Waals surface area (Å²) < 4.78 is 5.39. The summed E-state index contributed by atoms with van der Waals surface area (Å²) in [6.07, 6.45) is 3.87. The second kappa shape index (κ2) is 9.22. The van der Waals surface area contributed by atoms with E-state index in [2.05, 4.69) is 56.7 Å². The Morgan fingerprint density at radius 1 is 1.16 bits per heavy atom. The van der Waals surface area contributed by atoms with Gasteiger partial charge in [0.1, 0.15) is 0 Å². The maximum absolute atomic E-state index is 12.1. The molecule has 0 unspecified atom stereocenters. The summed E-state index contributed by atoms with van der Waals surface area (Å²) in [7, 11) is 0. The highest BCUT2D eigenvalue weighted by atomic mass is 16.5. The number of hydrogen-bond donors (Lipinski definition) is 2. The Kier molecular flexibility index (Phi) is 6.01. The summed E-state index contributed by atoms with van der Waals surface area (Å²) >= 11 is 0. The van der Waals surface area contributed by atoms with Gasteiger partial charge in [0, 0.05) is 49.4 Å². The molecule has 0 bridgehead atoms. The first-order chi connectivity index (χ1) is 15.7. The summed E-state index contributed by atoms with van der Waals surface area (Å²) in [5.41, 5.74) is 5.12. The van der Waals surface area contributed by atoms with Crippen molar-refractivity contribution in [2.75, 3.05) is 50.0 Å². The number of nitrogens with one attached hydrogen (secondary N) is 2. The number of ether oxygens (including phenoxy) is 1. The Balaban J connectivity index is 1.29. The first kappa shape index (κ1) is 20.8. The number of hydrogen-bond acceptors (Lipinski definition) is 6. The summed E-state index contributed by atoms with van der Waals surface area (Å²) in [5.74, 6) is 0.967. The van der Waals surface area contributed by atoms with Gasteiger partial charge in [0.15, 0.2) is 0 Å². The minimum atomic E-state index is 0.125. The molecule has 1 aliphatic heterocycles. The average Bonchev–Trinajstić information content (AvgIpc) is 3.66. The van der Waals surface area contributed by atoms with Crippen molar-refractivity contribution in [2.24, 2.45) is 5.92 Å². The average molecular weight is 432 g/mol. The molecule has 2 N–H and O–H groups in total. The number of benzene rings is 2. The molecule has 2 heterocycles. The topological polar surface area (TPSA) is 79.4 Å². The maximum Gasteiger partial charge on any atom is 0.227 e. The third kappa shape index (κ3) is 4.89. The van der Waals surface area contributed by atoms with E-state index in [1.165, 1.54) is 0 Å². The van der Waals surface area contributed by atoms with Crippen LogP contribution in [0.15, 0.2) is 42.6 Å². The first-order valence-electron chi connectivity index (χ1n) is 11.4. The van der Waals surface area contributed by atoms with E-state index in [0.717, 1.165) is 85.5 Å². The number of aryl methyl sites for hydroxylation is 1. The fraction of sp³-hybridized carbons (Fsp3) is 0.400. The van der Waals surface area contributed by atoms with Crippen molar-refractivity contribution < 1.29 is 9.53 Å². The summed E-state index contributed by atoms with van der Waals surface area (Å²) in [6, 6.07) is 12.3. The van der Waals surface area contributed by atoms with Crippen LogP contribution < -0.4 is 10.6 Å². The number of rotatable bonds is 7. The quantitative estimate of drug-likeness (QED) is 0.594. The van der Waals surface area contributed by atoms with Gasteiger partial charge in [-0.25, -0.2) is 9.97 Å². The van der Waals surface area contributed by atoms with E-state index in [1.807, 2.05) is 18.3 Å². The molecule has 32 heavy (non-hydrogen) atoms. The lowest BCUT2D eigenvalue weighted by atomic mass is 9.98. The molecule has 0 spiro atoms. The van der Waals surface area contributed by atoms with Gasteiger partial charge in [-0.05, 0) is 60.7 Å². The minimum Gasteiger partial charge on any atom is -0.379 e. The first-order valence-corrected chi connectivity index (χ1v) is 11.4. The summed E-state index contributed by atoms with van der Waals surface area (Å²) in [4.78, 5) is 23.7. The van der Waals surface area contributed by atoms with Crippen molar-refractivity contribution in [3.63, 3.8) is 0 Å². The number of amides is 1. The zero-order chi connectivity index (χ0) is 21.9. The van der Waals surface area contributed by atoms with E-state index >= 15 is 0 Å². The zero-order valence-corrected chi connectivity index (χ0v) is 18.4. The summed E-state index contributed by atoms with van der Waals surface area (Å²) in [5, 5.41) is 7.37. The largest absolute Gasteiger partial charge is 0.379 e. The number of carbonyl (C=O) groups excluding carboxylic acids is 1. The van der Waals surface area contributed by atoms with Crippen LogP contribution in [-0.2, 0) is 9.53 Å². The number of aromatic nitrogens is 2. The van der Waals surface area contributed by atoms with E-state index in [1.54, 1.807) is 0 Å². The van der Waals surface area contributed by atoms with Crippen LogP contribution >= 0.6 is 0 Å². The lowest BCUT2D eigenvalue weighted by Gasteiger charge is -2.26. The zero-order valence-electron chi connectivity index (χ0n) is 18.4. The Bertz CT molecular complexity index is 1120. The predicted octanol–water partition coefficient (Wildman–Crippen LogP) is 3.70. The predicted molar refractivity (Wildman–Crippen MR) is 127 cm³/mol. The highest BCUT2D eigenvalue weighted by molar-refractivity contribution is 5.95. The van der Waals surface area contributed by atoms with Crippen molar-refractivity contribution in [3.8, 4) is 11.1 Å². The Hall–Kier alpha value is -3.03. The van der Waals surface area contributed by atoms with E-state index < -0.39 is 0 Å². The Morgan fingerprint density at radius 2 is 2.00 bits per heavy atom. The second-order valence-corrected chi connectivity index (χ2v) is 8.64. The van der Waals surface area contributed by atoms with Crippen molar-refractivity contribution >= 4 is 28.4 Å². The molecule has 166 valence electrons. The molecule has 1 aromatic heterocycles. The third-order valence-corrected chi connectivity index (χ3v) is 6.16. The highest BCUT2D eigenvalue weighted by Crippen LogP contribution is 2.32. The lowest BCUT2D eigenvalue weighted by Crippen LogP contribution is -2.39. The molecular formula is C25H29N5O2. The van der Waals surface area contributed by atoms with Gasteiger partial charge in [-0.2, -0.15) is 0 Å². The van der Waals surface area contributed by atoms with Crippen LogP contribution in [0.4, 0.5) is 11.6 Å². The third-order valence-electron chi connectivity index (χ3n) is 6.16. The van der Waals surface area contributed by atoms with Gasteiger partial charge in [-0.15, -0.1) is 0 Å². The van der Waals surface area contributed by atoms with Crippen LogP contribution in [-0.4, -0.2) is 60.2 Å². The fourth-order valence-corrected chi connectivity index (χ4v) is 4.04. The number of morpholine rings is 1. The van der Waals surface area contributed by atoms with Gasteiger partial charge in [0.05, 0.1) is 18.7 Å². The van der Waals surface area contributed by atoms with Gasteiger partial charge in [-0.3, -0.25) is 9.69 Å². The van der Waals surface area contributed by atoms with Gasteiger partial charge >= 0.3 is 0 Å². The molecule has 7 nitrogen and oxygen atoms in total. The molecule has 5 rings (SSSR count). The van der Waals surface area contributed by atoms with E-state index in [4.69, 9.17) is 4.74 Å². The highest BCUT2D eigenvalue weighted by Gasteiger charge is 2.29. The number of nitrogens with zero attached hydrogens (tertiary/aromatic N) is 3. The van der Waals surface area contributed by atoms with Gasteiger partial charge in [0.2, 0.25) is 11.9 Å². The number of anilines is 2. The smallest absolute Gasteiger partial charge is 0.227 e. The van der Waals surface area contributed by atoms with Crippen LogP contribution in [0.5, 0.6) is 0 Å². The van der Waals surface area contributed by atoms with Crippen LogP contribution in [0.1, 0.15) is 18.4 Å². The molecular weight excluding hydrogens is 402 g/mol. The lowest BCUT2D eigenvalue weighted by molar-refractivity contribution is -0.117. The molecule has 0 radical (unpaired) electrons. The van der Waals surface area contributed by atoms with Crippen molar-refractivity contribution in [1.29, 1.82) is 0 Å². The van der Waals surface area contributed by atoms with E-state index in [0.29, 0.717) is 5.95 Å². The van der Waals surface area contributed by atoms with Crippen molar-refractivity contribution in [2.45, 2.75) is 19.8 Å². The molecule has 3 aromatic rings. The monoisotopic (exact) mass is 431 g/mol. The number of carbonyl (C=O) groups is 1. The van der Waals surface area contributed by atoms with Crippen LogP contribution in [0.25, 0.3) is 22.0 Å². The molecule has 2 aliphatic rings. The second-order valence-electron chi connectivity index (χ2n) is 8.64. The molecule has 2 aromatic carbocycles.